The lowest BCUT2D eigenvalue weighted by molar-refractivity contribution is 0.315. The summed E-state index contributed by atoms with van der Waals surface area (Å²) >= 11 is 1.47. The maximum Gasteiger partial charge on any atom is 0.206 e. The number of aromatic nitrogens is 1. The summed E-state index contributed by atoms with van der Waals surface area (Å²) in [5.41, 5.74) is 2.20. The number of phenols is 1. The fourth-order valence-corrected chi connectivity index (χ4v) is 3.69. The number of benzene rings is 2. The van der Waals surface area contributed by atoms with Crippen LogP contribution in [-0.4, -0.2) is 29.7 Å². The number of rotatable bonds is 6. The van der Waals surface area contributed by atoms with Gasteiger partial charge in [-0.3, -0.25) is 4.99 Å². The van der Waals surface area contributed by atoms with Gasteiger partial charge < -0.3 is 14.3 Å². The van der Waals surface area contributed by atoms with Gasteiger partial charge in [0.2, 0.25) is 4.80 Å². The molecule has 0 bridgehead atoms. The molecule has 4 rings (SSSR count). The van der Waals surface area contributed by atoms with Gasteiger partial charge in [-0.1, -0.05) is 25.1 Å². The minimum Gasteiger partial charge on any atom is -0.507 e. The van der Waals surface area contributed by atoms with Crippen LogP contribution in [0, 0.1) is 0 Å². The van der Waals surface area contributed by atoms with E-state index < -0.39 is 0 Å². The highest BCUT2D eigenvalue weighted by Gasteiger charge is 2.12. The molecule has 0 radical (unpaired) electrons. The van der Waals surface area contributed by atoms with E-state index in [9.17, 15) is 5.11 Å². The van der Waals surface area contributed by atoms with Gasteiger partial charge in [-0.2, -0.15) is 5.10 Å². The van der Waals surface area contributed by atoms with Crippen molar-refractivity contribution in [2.75, 3.05) is 13.7 Å². The van der Waals surface area contributed by atoms with E-state index in [1.54, 1.807) is 30.1 Å². The minimum atomic E-state index is 0.110. The van der Waals surface area contributed by atoms with Crippen LogP contribution in [-0.2, 0) is 0 Å². The second-order valence-corrected chi connectivity index (χ2v) is 7.24. The largest absolute Gasteiger partial charge is 0.507 e. The predicted octanol–water partition coefficient (Wildman–Crippen LogP) is 4.87. The van der Waals surface area contributed by atoms with Crippen molar-refractivity contribution in [3.05, 3.63) is 64.3 Å². The highest BCUT2D eigenvalue weighted by atomic mass is 32.1. The first-order valence-corrected chi connectivity index (χ1v) is 10.2. The van der Waals surface area contributed by atoms with E-state index in [1.165, 1.54) is 11.3 Å². The van der Waals surface area contributed by atoms with Crippen LogP contribution in [0.5, 0.6) is 11.5 Å². The molecular weight excluding hydrogens is 386 g/mol. The normalized spacial score (nSPS) is 12.3. The molecule has 0 unspecified atom stereocenters. The third kappa shape index (κ3) is 3.95. The Kier molecular flexibility index (Phi) is 5.48. The van der Waals surface area contributed by atoms with Crippen LogP contribution < -0.4 is 9.54 Å². The number of fused-ring (bicyclic) bond motifs is 1. The topological polar surface area (TPSA) is 72.2 Å². The Balaban J connectivity index is 1.69. The molecule has 6 nitrogen and oxygen atoms in total. The molecule has 0 aliphatic rings. The second-order valence-electron chi connectivity index (χ2n) is 6.40. The maximum atomic E-state index is 10.3. The fourth-order valence-electron chi connectivity index (χ4n) is 2.90. The molecule has 29 heavy (non-hydrogen) atoms. The summed E-state index contributed by atoms with van der Waals surface area (Å²) in [4.78, 5) is 5.02. The Morgan fingerprint density at radius 3 is 2.83 bits per heavy atom. The van der Waals surface area contributed by atoms with Gasteiger partial charge >= 0.3 is 0 Å². The lowest BCUT2D eigenvalue weighted by atomic mass is 10.2. The average molecular weight is 407 g/mol. The number of furan rings is 1. The summed E-state index contributed by atoms with van der Waals surface area (Å²) in [6.45, 7) is 2.65. The monoisotopic (exact) mass is 407 g/mol. The van der Waals surface area contributed by atoms with Crippen molar-refractivity contribution in [1.29, 1.82) is 0 Å². The Morgan fingerprint density at radius 2 is 2.07 bits per heavy atom. The van der Waals surface area contributed by atoms with E-state index in [0.717, 1.165) is 27.9 Å². The second kappa shape index (κ2) is 8.36. The van der Waals surface area contributed by atoms with Crippen LogP contribution in [0.2, 0.25) is 0 Å². The van der Waals surface area contributed by atoms with Crippen molar-refractivity contribution in [3.63, 3.8) is 0 Å². The van der Waals surface area contributed by atoms with Gasteiger partial charge in [0.1, 0.15) is 22.8 Å². The number of aromatic hydroxyl groups is 1. The average Bonchev–Trinajstić information content (AvgIpc) is 3.34. The van der Waals surface area contributed by atoms with Crippen LogP contribution in [0.4, 0.5) is 0 Å². The summed E-state index contributed by atoms with van der Waals surface area (Å²) in [5.74, 6) is 1.46. The molecule has 2 heterocycles. The Hall–Kier alpha value is -3.32. The number of phenolic OH excluding ortho intramolecular Hbond substituents is 1. The Labute approximate surface area is 172 Å². The summed E-state index contributed by atoms with van der Waals surface area (Å²) in [6.07, 6.45) is 2.51. The molecule has 0 aliphatic carbocycles. The van der Waals surface area contributed by atoms with Gasteiger partial charge in [0, 0.05) is 29.4 Å². The van der Waals surface area contributed by atoms with Crippen molar-refractivity contribution >= 4 is 28.5 Å². The number of ether oxygens (including phenoxy) is 1. The highest BCUT2D eigenvalue weighted by Crippen LogP contribution is 2.28. The van der Waals surface area contributed by atoms with Crippen LogP contribution in [0.25, 0.3) is 22.4 Å². The standard InChI is InChI=1S/C22H21N3O3S/c1-3-10-27-17-9-8-16(19(26)12-17)13-24-25-18(14-29-22(25)23-2)21-11-15-6-4-5-7-20(15)28-21/h4-9,11-14,26H,3,10H2,1-2H3. The molecule has 1 N–H and O–H groups in total. The zero-order valence-corrected chi connectivity index (χ0v) is 17.0. The first-order valence-electron chi connectivity index (χ1n) is 9.32. The van der Waals surface area contributed by atoms with Gasteiger partial charge in [0.15, 0.2) is 5.76 Å². The Bertz CT molecular complexity index is 1200. The molecule has 4 aromatic rings. The fraction of sp³-hybridized carbons (Fsp3) is 0.182. The van der Waals surface area contributed by atoms with E-state index in [0.29, 0.717) is 23.7 Å². The van der Waals surface area contributed by atoms with E-state index >= 15 is 0 Å². The van der Waals surface area contributed by atoms with E-state index in [1.807, 2.05) is 48.7 Å². The van der Waals surface area contributed by atoms with E-state index in [2.05, 4.69) is 10.1 Å². The lowest BCUT2D eigenvalue weighted by Gasteiger charge is -2.06. The van der Waals surface area contributed by atoms with Crippen molar-refractivity contribution in [1.82, 2.24) is 4.68 Å². The SMILES string of the molecule is CCCOc1ccc(C=Nn2c(-c3cc4ccccc4o3)csc2=NC)c(O)c1. The number of thiazole rings is 1. The number of nitrogens with zero attached hydrogens (tertiary/aromatic N) is 3. The first kappa shape index (κ1) is 19.0. The van der Waals surface area contributed by atoms with Crippen LogP contribution >= 0.6 is 11.3 Å². The van der Waals surface area contributed by atoms with Crippen LogP contribution in [0.1, 0.15) is 18.9 Å². The third-order valence-electron chi connectivity index (χ3n) is 4.34. The Morgan fingerprint density at radius 1 is 1.21 bits per heavy atom. The molecule has 0 fully saturated rings. The van der Waals surface area contributed by atoms with Gasteiger partial charge in [-0.15, -0.1) is 11.3 Å². The summed E-state index contributed by atoms with van der Waals surface area (Å²) in [5, 5.41) is 17.8. The van der Waals surface area contributed by atoms with Gasteiger partial charge in [0.25, 0.3) is 0 Å². The van der Waals surface area contributed by atoms with Gasteiger partial charge in [0.05, 0.1) is 12.8 Å². The predicted molar refractivity (Wildman–Crippen MR) is 116 cm³/mol. The number of hydrogen-bond acceptors (Lipinski definition) is 6. The molecule has 7 heteroatoms. The molecule has 0 atom stereocenters. The smallest absolute Gasteiger partial charge is 0.206 e. The number of hydrogen-bond donors (Lipinski definition) is 1. The van der Waals surface area contributed by atoms with E-state index in [4.69, 9.17) is 9.15 Å². The molecule has 2 aromatic heterocycles. The first-order chi connectivity index (χ1) is 14.2. The molecule has 0 saturated carbocycles. The third-order valence-corrected chi connectivity index (χ3v) is 5.25. The maximum absolute atomic E-state index is 10.3. The molecular formula is C22H21N3O3S. The molecule has 0 aliphatic heterocycles. The molecule has 0 saturated heterocycles. The van der Waals surface area contributed by atoms with Crippen molar-refractivity contribution in [2.45, 2.75) is 13.3 Å². The van der Waals surface area contributed by atoms with Crippen molar-refractivity contribution < 1.29 is 14.3 Å². The molecule has 0 amide bonds. The minimum absolute atomic E-state index is 0.110. The molecule has 148 valence electrons. The molecule has 0 spiro atoms. The summed E-state index contributed by atoms with van der Waals surface area (Å²) < 4.78 is 13.2. The van der Waals surface area contributed by atoms with E-state index in [-0.39, 0.29) is 5.75 Å². The molecule has 2 aromatic carbocycles. The van der Waals surface area contributed by atoms with Crippen molar-refractivity contribution in [2.24, 2.45) is 10.1 Å². The van der Waals surface area contributed by atoms with Crippen LogP contribution in [0.3, 0.4) is 0 Å². The number of para-hydroxylation sites is 1. The summed E-state index contributed by atoms with van der Waals surface area (Å²) in [6, 6.07) is 15.0. The summed E-state index contributed by atoms with van der Waals surface area (Å²) in [7, 11) is 1.72. The zero-order chi connectivity index (χ0) is 20.2. The quantitative estimate of drug-likeness (QED) is 0.464. The van der Waals surface area contributed by atoms with Crippen LogP contribution in [0.15, 0.2) is 68.4 Å². The zero-order valence-electron chi connectivity index (χ0n) is 16.2. The highest BCUT2D eigenvalue weighted by molar-refractivity contribution is 7.07. The van der Waals surface area contributed by atoms with Gasteiger partial charge in [-0.25, -0.2) is 4.68 Å². The van der Waals surface area contributed by atoms with Gasteiger partial charge in [-0.05, 0) is 30.7 Å². The van der Waals surface area contributed by atoms with Crippen molar-refractivity contribution in [3.8, 4) is 23.0 Å². The lowest BCUT2D eigenvalue weighted by Crippen LogP contribution is -2.11.